The van der Waals surface area contributed by atoms with Crippen molar-refractivity contribution in [3.63, 3.8) is 0 Å². The number of nitrogens with one attached hydrogen (secondary N) is 1. The maximum Gasteiger partial charge on any atom is 0.253 e. The number of carbonyl (C=O) groups is 1. The van der Waals surface area contributed by atoms with Crippen LogP contribution in [0.1, 0.15) is 23.7 Å². The topological polar surface area (TPSA) is 58.1 Å². The second kappa shape index (κ2) is 7.98. The van der Waals surface area contributed by atoms with Gasteiger partial charge in [-0.1, -0.05) is 30.7 Å². The number of halogens is 1. The van der Waals surface area contributed by atoms with Gasteiger partial charge in [0.15, 0.2) is 0 Å². The average molecular weight is 393 g/mol. The van der Waals surface area contributed by atoms with Crippen molar-refractivity contribution in [1.29, 1.82) is 0 Å². The van der Waals surface area contributed by atoms with E-state index in [0.29, 0.717) is 22.5 Å². The summed E-state index contributed by atoms with van der Waals surface area (Å²) in [5.41, 5.74) is 3.31. The molecule has 0 bridgehead atoms. The molecule has 0 saturated carbocycles. The highest BCUT2D eigenvalue weighted by molar-refractivity contribution is 6.30. The Hall–Kier alpha value is -2.92. The van der Waals surface area contributed by atoms with Gasteiger partial charge in [-0.05, 0) is 54.8 Å². The van der Waals surface area contributed by atoms with Crippen LogP contribution in [-0.2, 0) is 0 Å². The number of carbonyl (C=O) groups excluding carboxylic acids is 1. The summed E-state index contributed by atoms with van der Waals surface area (Å²) in [4.78, 5) is 23.3. The van der Waals surface area contributed by atoms with Crippen LogP contribution in [0.15, 0.2) is 60.8 Å². The van der Waals surface area contributed by atoms with Crippen molar-refractivity contribution < 1.29 is 4.79 Å². The van der Waals surface area contributed by atoms with Gasteiger partial charge in [-0.3, -0.25) is 4.79 Å². The van der Waals surface area contributed by atoms with Crippen LogP contribution in [-0.4, -0.2) is 33.9 Å². The predicted octanol–water partition coefficient (Wildman–Crippen LogP) is 5.02. The first-order chi connectivity index (χ1) is 13.6. The first kappa shape index (κ1) is 18.4. The molecular formula is C22H21ClN4O. The zero-order valence-corrected chi connectivity index (χ0v) is 16.4. The normalized spacial score (nSPS) is 16.2. The van der Waals surface area contributed by atoms with E-state index in [1.807, 2.05) is 59.5 Å². The second-order valence-electron chi connectivity index (χ2n) is 7.12. The molecule has 1 amide bonds. The molecule has 1 saturated heterocycles. The lowest BCUT2D eigenvalue weighted by Gasteiger charge is -2.16. The summed E-state index contributed by atoms with van der Waals surface area (Å²) in [5.74, 6) is 1.17. The average Bonchev–Trinajstić information content (AvgIpc) is 3.15. The molecule has 3 aromatic rings. The van der Waals surface area contributed by atoms with Gasteiger partial charge in [-0.25, -0.2) is 9.97 Å². The number of nitrogens with zero attached hydrogens (tertiary/aromatic N) is 3. The van der Waals surface area contributed by atoms with Gasteiger partial charge in [0.2, 0.25) is 5.95 Å². The van der Waals surface area contributed by atoms with E-state index in [0.717, 1.165) is 36.5 Å². The van der Waals surface area contributed by atoms with Crippen LogP contribution in [0.5, 0.6) is 0 Å². The minimum atomic E-state index is 0.0943. The largest absolute Gasteiger partial charge is 0.338 e. The van der Waals surface area contributed by atoms with Crippen molar-refractivity contribution in [3.8, 4) is 11.3 Å². The molecule has 0 radical (unpaired) electrons. The summed E-state index contributed by atoms with van der Waals surface area (Å²) in [6.45, 7) is 3.86. The molecule has 6 heteroatoms. The van der Waals surface area contributed by atoms with Gasteiger partial charge in [0, 0.05) is 41.1 Å². The van der Waals surface area contributed by atoms with Crippen molar-refractivity contribution in [3.05, 3.63) is 71.4 Å². The van der Waals surface area contributed by atoms with Gasteiger partial charge < -0.3 is 10.2 Å². The van der Waals surface area contributed by atoms with Crippen LogP contribution in [0.2, 0.25) is 5.02 Å². The molecule has 1 fully saturated rings. The number of amides is 1. The molecule has 1 aliphatic heterocycles. The summed E-state index contributed by atoms with van der Waals surface area (Å²) in [5, 5.41) is 3.88. The molecule has 0 aliphatic carbocycles. The Kier molecular flexibility index (Phi) is 5.26. The summed E-state index contributed by atoms with van der Waals surface area (Å²) in [7, 11) is 0. The van der Waals surface area contributed by atoms with Gasteiger partial charge in [-0.15, -0.1) is 0 Å². The third kappa shape index (κ3) is 4.15. The monoisotopic (exact) mass is 392 g/mol. The van der Waals surface area contributed by atoms with Crippen molar-refractivity contribution in [1.82, 2.24) is 14.9 Å². The van der Waals surface area contributed by atoms with E-state index in [-0.39, 0.29) is 5.91 Å². The van der Waals surface area contributed by atoms with Gasteiger partial charge in [0.1, 0.15) is 0 Å². The number of aromatic nitrogens is 2. The fourth-order valence-electron chi connectivity index (χ4n) is 3.33. The molecule has 1 N–H and O–H groups in total. The Morgan fingerprint density at radius 3 is 2.54 bits per heavy atom. The van der Waals surface area contributed by atoms with Crippen LogP contribution in [0.3, 0.4) is 0 Å². The minimum Gasteiger partial charge on any atom is -0.338 e. The van der Waals surface area contributed by atoms with Crippen LogP contribution in [0.25, 0.3) is 11.3 Å². The van der Waals surface area contributed by atoms with E-state index in [2.05, 4.69) is 22.2 Å². The van der Waals surface area contributed by atoms with E-state index in [1.165, 1.54) is 0 Å². The SMILES string of the molecule is CC1CCN(C(=O)c2ccc(Nc3nccc(-c4ccc(Cl)cc4)n3)cc2)C1. The number of hydrogen-bond acceptors (Lipinski definition) is 4. The minimum absolute atomic E-state index is 0.0943. The van der Waals surface area contributed by atoms with Gasteiger partial charge in [0.05, 0.1) is 5.69 Å². The number of likely N-dealkylation sites (tertiary alicyclic amines) is 1. The predicted molar refractivity (Wildman–Crippen MR) is 112 cm³/mol. The summed E-state index contributed by atoms with van der Waals surface area (Å²) < 4.78 is 0. The Labute approximate surface area is 169 Å². The zero-order valence-electron chi connectivity index (χ0n) is 15.6. The molecule has 5 nitrogen and oxygen atoms in total. The van der Waals surface area contributed by atoms with E-state index >= 15 is 0 Å². The molecular weight excluding hydrogens is 372 g/mol. The summed E-state index contributed by atoms with van der Waals surface area (Å²) in [6, 6.07) is 16.8. The first-order valence-electron chi connectivity index (χ1n) is 9.34. The lowest BCUT2D eigenvalue weighted by atomic mass is 10.1. The second-order valence-corrected chi connectivity index (χ2v) is 7.56. The fourth-order valence-corrected chi connectivity index (χ4v) is 3.45. The Morgan fingerprint density at radius 1 is 1.11 bits per heavy atom. The van der Waals surface area contributed by atoms with Crippen molar-refractivity contribution in [2.24, 2.45) is 5.92 Å². The quantitative estimate of drug-likeness (QED) is 0.677. The number of benzene rings is 2. The van der Waals surface area contributed by atoms with Crippen LogP contribution in [0.4, 0.5) is 11.6 Å². The smallest absolute Gasteiger partial charge is 0.253 e. The molecule has 4 rings (SSSR count). The van der Waals surface area contributed by atoms with E-state index in [1.54, 1.807) is 6.20 Å². The van der Waals surface area contributed by atoms with Gasteiger partial charge >= 0.3 is 0 Å². The number of anilines is 2. The molecule has 2 heterocycles. The van der Waals surface area contributed by atoms with Crippen LogP contribution in [0, 0.1) is 5.92 Å². The molecule has 1 atom stereocenters. The highest BCUT2D eigenvalue weighted by Gasteiger charge is 2.23. The Morgan fingerprint density at radius 2 is 1.86 bits per heavy atom. The summed E-state index contributed by atoms with van der Waals surface area (Å²) >= 11 is 5.95. The molecule has 1 aliphatic rings. The molecule has 142 valence electrons. The highest BCUT2D eigenvalue weighted by Crippen LogP contribution is 2.22. The molecule has 1 aromatic heterocycles. The van der Waals surface area contributed by atoms with Crippen molar-refractivity contribution in [2.45, 2.75) is 13.3 Å². The zero-order chi connectivity index (χ0) is 19.5. The molecule has 1 unspecified atom stereocenters. The van der Waals surface area contributed by atoms with Gasteiger partial charge in [-0.2, -0.15) is 0 Å². The number of rotatable bonds is 4. The number of hydrogen-bond donors (Lipinski definition) is 1. The van der Waals surface area contributed by atoms with Crippen molar-refractivity contribution in [2.75, 3.05) is 18.4 Å². The van der Waals surface area contributed by atoms with Gasteiger partial charge in [0.25, 0.3) is 5.91 Å². The maximum absolute atomic E-state index is 12.6. The third-order valence-corrected chi connectivity index (χ3v) is 5.15. The van der Waals surface area contributed by atoms with E-state index < -0.39 is 0 Å². The van der Waals surface area contributed by atoms with E-state index in [9.17, 15) is 4.79 Å². The Bertz CT molecular complexity index is 973. The standard InChI is InChI=1S/C22H21ClN4O/c1-15-11-13-27(14-15)21(28)17-4-8-19(9-5-17)25-22-24-12-10-20(26-22)16-2-6-18(23)7-3-16/h2-10,12,15H,11,13-14H2,1H3,(H,24,25,26). The maximum atomic E-state index is 12.6. The molecule has 0 spiro atoms. The first-order valence-corrected chi connectivity index (χ1v) is 9.71. The van der Waals surface area contributed by atoms with Crippen molar-refractivity contribution >= 4 is 29.1 Å². The van der Waals surface area contributed by atoms with E-state index in [4.69, 9.17) is 11.6 Å². The molecule has 2 aromatic carbocycles. The lowest BCUT2D eigenvalue weighted by molar-refractivity contribution is 0.0788. The Balaban J connectivity index is 1.46. The fraction of sp³-hybridized carbons (Fsp3) is 0.227. The highest BCUT2D eigenvalue weighted by atomic mass is 35.5. The molecule has 28 heavy (non-hydrogen) atoms. The van der Waals surface area contributed by atoms with Crippen LogP contribution >= 0.6 is 11.6 Å². The van der Waals surface area contributed by atoms with Crippen LogP contribution < -0.4 is 5.32 Å². The third-order valence-electron chi connectivity index (χ3n) is 4.89. The summed E-state index contributed by atoms with van der Waals surface area (Å²) in [6.07, 6.45) is 2.79. The lowest BCUT2D eigenvalue weighted by Crippen LogP contribution is -2.28.